The number of rotatable bonds is 4. The number of piperidine rings is 1. The molecule has 0 radical (unpaired) electrons. The molecule has 27 heavy (non-hydrogen) atoms. The quantitative estimate of drug-likeness (QED) is 0.526. The zero-order valence-corrected chi connectivity index (χ0v) is 15.9. The molecule has 1 fully saturated rings. The van der Waals surface area contributed by atoms with E-state index < -0.39 is 0 Å². The summed E-state index contributed by atoms with van der Waals surface area (Å²) in [5.74, 6) is 1.05. The minimum absolute atomic E-state index is 0.975. The third kappa shape index (κ3) is 3.04. The van der Waals surface area contributed by atoms with Gasteiger partial charge in [-0.1, -0.05) is 48.4 Å². The van der Waals surface area contributed by atoms with Crippen LogP contribution in [0.3, 0.4) is 0 Å². The Morgan fingerprint density at radius 1 is 0.889 bits per heavy atom. The fourth-order valence-corrected chi connectivity index (χ4v) is 4.25. The van der Waals surface area contributed by atoms with E-state index in [9.17, 15) is 0 Å². The summed E-state index contributed by atoms with van der Waals surface area (Å²) in [4.78, 5) is 7.55. The molecule has 1 aliphatic heterocycles. The van der Waals surface area contributed by atoms with Crippen LogP contribution in [0.1, 0.15) is 24.8 Å². The third-order valence-electron chi connectivity index (χ3n) is 5.80. The van der Waals surface area contributed by atoms with Crippen molar-refractivity contribution in [3.05, 3.63) is 60.3 Å². The topological polar surface area (TPSA) is 25.5 Å². The highest BCUT2D eigenvalue weighted by Crippen LogP contribution is 2.27. The predicted molar refractivity (Wildman–Crippen MR) is 111 cm³/mol. The van der Waals surface area contributed by atoms with Crippen molar-refractivity contribution in [1.29, 1.82) is 0 Å². The summed E-state index contributed by atoms with van der Waals surface area (Å²) in [5, 5.41) is 0. The second-order valence-electron chi connectivity index (χ2n) is 7.70. The number of aryl methyl sites for hydroxylation is 1. The van der Waals surface area contributed by atoms with Crippen molar-refractivity contribution >= 4 is 16.8 Å². The Bertz CT molecular complexity index is 1070. The molecule has 0 unspecified atom stereocenters. The molecular weight excluding hydrogens is 332 g/mol. The van der Waals surface area contributed by atoms with Gasteiger partial charge in [0.05, 0.1) is 16.7 Å². The van der Waals surface area contributed by atoms with Gasteiger partial charge in [-0.2, -0.15) is 0 Å². The van der Waals surface area contributed by atoms with Gasteiger partial charge in [0.15, 0.2) is 0 Å². The number of hydrogen-bond donors (Lipinski definition) is 0. The van der Waals surface area contributed by atoms with Crippen molar-refractivity contribution in [3.63, 3.8) is 0 Å². The van der Waals surface area contributed by atoms with Gasteiger partial charge >= 0.3 is 0 Å². The molecule has 0 bridgehead atoms. The average Bonchev–Trinajstić information content (AvgIpc) is 3.24. The van der Waals surface area contributed by atoms with Gasteiger partial charge in [-0.25, -0.2) is 4.98 Å². The van der Waals surface area contributed by atoms with Gasteiger partial charge in [0, 0.05) is 19.3 Å². The number of imidazole rings is 2. The maximum atomic E-state index is 4.95. The molecule has 0 saturated carbocycles. The number of likely N-dealkylation sites (tertiary alicyclic amines) is 1. The highest BCUT2D eigenvalue weighted by Gasteiger charge is 2.17. The Kier molecular flexibility index (Phi) is 4.21. The molecule has 0 atom stereocenters. The number of fused-ring (bicyclic) bond motifs is 3. The summed E-state index contributed by atoms with van der Waals surface area (Å²) in [6, 6.07) is 17.2. The lowest BCUT2D eigenvalue weighted by atomic mass is 10.1. The van der Waals surface area contributed by atoms with Crippen LogP contribution >= 0.6 is 0 Å². The zero-order valence-electron chi connectivity index (χ0n) is 15.9. The van der Waals surface area contributed by atoms with Crippen LogP contribution in [-0.2, 0) is 6.54 Å². The number of para-hydroxylation sites is 2. The zero-order chi connectivity index (χ0) is 18.2. The molecular formula is C23H26N4. The summed E-state index contributed by atoms with van der Waals surface area (Å²) in [7, 11) is 0. The van der Waals surface area contributed by atoms with E-state index in [4.69, 9.17) is 4.98 Å². The highest BCUT2D eigenvalue weighted by atomic mass is 15.2. The van der Waals surface area contributed by atoms with E-state index in [1.54, 1.807) is 0 Å². The van der Waals surface area contributed by atoms with Gasteiger partial charge in [0.25, 0.3) is 0 Å². The fraction of sp³-hybridized carbons (Fsp3) is 0.348. The van der Waals surface area contributed by atoms with E-state index in [-0.39, 0.29) is 0 Å². The first-order chi connectivity index (χ1) is 13.3. The van der Waals surface area contributed by atoms with Gasteiger partial charge < -0.3 is 9.47 Å². The van der Waals surface area contributed by atoms with E-state index in [0.29, 0.717) is 0 Å². The molecule has 3 heterocycles. The molecule has 0 spiro atoms. The van der Waals surface area contributed by atoms with Gasteiger partial charge in [-0.05, 0) is 50.6 Å². The minimum Gasteiger partial charge on any atom is -0.308 e. The van der Waals surface area contributed by atoms with Crippen molar-refractivity contribution < 1.29 is 0 Å². The Hall–Kier alpha value is -2.59. The smallest absolute Gasteiger partial charge is 0.215 e. The first kappa shape index (κ1) is 16.6. The second kappa shape index (κ2) is 6.86. The molecule has 4 heteroatoms. The SMILES string of the molecule is Cc1ccc(-c2cn3c4ccccc4nc3n2CCN2CCCCC2)cc1. The van der Waals surface area contributed by atoms with Crippen LogP contribution in [0, 0.1) is 6.92 Å². The number of nitrogens with zero attached hydrogens (tertiary/aromatic N) is 4. The van der Waals surface area contributed by atoms with Gasteiger partial charge in [-0.3, -0.25) is 4.40 Å². The molecule has 1 aliphatic rings. The molecule has 0 amide bonds. The molecule has 1 saturated heterocycles. The van der Waals surface area contributed by atoms with Crippen molar-refractivity contribution in [1.82, 2.24) is 18.9 Å². The standard InChI is InChI=1S/C23H26N4/c1-18-9-11-19(12-10-18)22-17-27-21-8-4-3-7-20(21)24-23(27)26(22)16-15-25-13-5-2-6-14-25/h3-4,7-12,17H,2,5-6,13-16H2,1H3. The minimum atomic E-state index is 0.975. The van der Waals surface area contributed by atoms with Gasteiger partial charge in [-0.15, -0.1) is 0 Å². The van der Waals surface area contributed by atoms with Crippen LogP contribution in [-0.4, -0.2) is 38.5 Å². The van der Waals surface area contributed by atoms with E-state index in [2.05, 4.69) is 75.5 Å². The largest absolute Gasteiger partial charge is 0.308 e. The average molecular weight is 358 g/mol. The van der Waals surface area contributed by atoms with E-state index in [1.807, 2.05) is 0 Å². The lowest BCUT2D eigenvalue weighted by Crippen LogP contribution is -2.32. The Morgan fingerprint density at radius 3 is 2.48 bits per heavy atom. The van der Waals surface area contributed by atoms with Crippen LogP contribution in [0.15, 0.2) is 54.7 Å². The Morgan fingerprint density at radius 2 is 1.67 bits per heavy atom. The molecule has 4 nitrogen and oxygen atoms in total. The predicted octanol–water partition coefficient (Wildman–Crippen LogP) is 4.75. The summed E-state index contributed by atoms with van der Waals surface area (Å²) >= 11 is 0. The van der Waals surface area contributed by atoms with Crippen LogP contribution < -0.4 is 0 Å². The summed E-state index contributed by atoms with van der Waals surface area (Å²) in [5.41, 5.74) is 6.04. The van der Waals surface area contributed by atoms with Crippen molar-refractivity contribution in [2.75, 3.05) is 19.6 Å². The maximum Gasteiger partial charge on any atom is 0.215 e. The van der Waals surface area contributed by atoms with Crippen molar-refractivity contribution in [3.8, 4) is 11.3 Å². The van der Waals surface area contributed by atoms with Crippen molar-refractivity contribution in [2.24, 2.45) is 0 Å². The van der Waals surface area contributed by atoms with Crippen LogP contribution in [0.5, 0.6) is 0 Å². The lowest BCUT2D eigenvalue weighted by molar-refractivity contribution is 0.222. The summed E-state index contributed by atoms with van der Waals surface area (Å²) in [6.45, 7) is 6.66. The van der Waals surface area contributed by atoms with E-state index in [1.165, 1.54) is 54.7 Å². The normalized spacial score (nSPS) is 15.7. The number of hydrogen-bond acceptors (Lipinski definition) is 2. The second-order valence-corrected chi connectivity index (χ2v) is 7.70. The third-order valence-corrected chi connectivity index (χ3v) is 5.80. The van der Waals surface area contributed by atoms with E-state index >= 15 is 0 Å². The molecule has 0 aliphatic carbocycles. The lowest BCUT2D eigenvalue weighted by Gasteiger charge is -2.26. The Labute approximate surface area is 160 Å². The molecule has 2 aromatic carbocycles. The Balaban J connectivity index is 1.59. The maximum absolute atomic E-state index is 4.95. The fourth-order valence-electron chi connectivity index (χ4n) is 4.25. The molecule has 2 aromatic heterocycles. The highest BCUT2D eigenvalue weighted by molar-refractivity contribution is 5.81. The van der Waals surface area contributed by atoms with Crippen molar-refractivity contribution in [2.45, 2.75) is 32.7 Å². The summed E-state index contributed by atoms with van der Waals surface area (Å²) < 4.78 is 4.65. The van der Waals surface area contributed by atoms with E-state index in [0.717, 1.165) is 24.4 Å². The van der Waals surface area contributed by atoms with Gasteiger partial charge in [0.2, 0.25) is 5.78 Å². The monoisotopic (exact) mass is 358 g/mol. The van der Waals surface area contributed by atoms with Crippen LogP contribution in [0.4, 0.5) is 0 Å². The van der Waals surface area contributed by atoms with Gasteiger partial charge in [0.1, 0.15) is 0 Å². The summed E-state index contributed by atoms with van der Waals surface area (Å²) in [6.07, 6.45) is 6.30. The number of aromatic nitrogens is 3. The molecule has 5 rings (SSSR count). The number of benzene rings is 2. The van der Waals surface area contributed by atoms with Crippen LogP contribution in [0.2, 0.25) is 0 Å². The first-order valence-electron chi connectivity index (χ1n) is 10.1. The van der Waals surface area contributed by atoms with Crippen LogP contribution in [0.25, 0.3) is 28.1 Å². The molecule has 4 aromatic rings. The first-order valence-corrected chi connectivity index (χ1v) is 10.1. The molecule has 138 valence electrons. The molecule has 0 N–H and O–H groups in total.